The molecule has 0 radical (unpaired) electrons. The summed E-state index contributed by atoms with van der Waals surface area (Å²) in [5, 5.41) is 0.490. The molecule has 0 N–H and O–H groups in total. The van der Waals surface area contributed by atoms with Gasteiger partial charge in [-0.15, -0.1) is 0 Å². The summed E-state index contributed by atoms with van der Waals surface area (Å²) >= 11 is 6.03. The molecule has 0 heterocycles. The van der Waals surface area contributed by atoms with Crippen molar-refractivity contribution in [2.45, 2.75) is 64.7 Å². The van der Waals surface area contributed by atoms with E-state index in [1.54, 1.807) is 42.5 Å². The molecule has 0 atom stereocenters. The predicted octanol–water partition coefficient (Wildman–Crippen LogP) is 7.26. The van der Waals surface area contributed by atoms with Crippen LogP contribution in [0.15, 0.2) is 48.5 Å². The summed E-state index contributed by atoms with van der Waals surface area (Å²) in [6, 6.07) is 13.6. The van der Waals surface area contributed by atoms with E-state index < -0.39 is 11.9 Å². The summed E-state index contributed by atoms with van der Waals surface area (Å²) in [5.74, 6) is -0.571. The van der Waals surface area contributed by atoms with Gasteiger partial charge in [0.25, 0.3) is 0 Å². The van der Waals surface area contributed by atoms with Crippen LogP contribution in [0.4, 0.5) is 0 Å². The topological polar surface area (TPSA) is 61.8 Å². The van der Waals surface area contributed by atoms with Gasteiger partial charge in [-0.05, 0) is 30.7 Å². The van der Waals surface area contributed by atoms with Crippen LogP contribution in [-0.2, 0) is 9.47 Å². The van der Waals surface area contributed by atoms with Crippen LogP contribution in [0, 0.1) is 0 Å². The van der Waals surface area contributed by atoms with E-state index in [0.717, 1.165) is 19.3 Å². The molecule has 0 saturated heterocycles. The highest BCUT2D eigenvalue weighted by Crippen LogP contribution is 2.23. The number of hydrogen-bond acceptors (Lipinski definition) is 5. The molecule has 0 bridgehead atoms. The fourth-order valence-electron chi connectivity index (χ4n) is 3.42. The summed E-state index contributed by atoms with van der Waals surface area (Å²) in [5.41, 5.74) is 0.401. The molecule has 0 aromatic heterocycles. The maximum absolute atomic E-state index is 12.5. The quantitative estimate of drug-likeness (QED) is 0.189. The Hall–Kier alpha value is -2.53. The smallest absolute Gasteiger partial charge is 0.339 e. The molecule has 6 heteroatoms. The van der Waals surface area contributed by atoms with E-state index in [2.05, 4.69) is 6.92 Å². The van der Waals surface area contributed by atoms with Crippen molar-refractivity contribution in [3.63, 3.8) is 0 Å². The Bertz CT molecular complexity index is 852. The molecule has 0 saturated carbocycles. The first kappa shape index (κ1) is 26.7. The predicted molar refractivity (Wildman–Crippen MR) is 131 cm³/mol. The number of hydrogen-bond donors (Lipinski definition) is 0. The second-order valence-electron chi connectivity index (χ2n) is 7.92. The maximum atomic E-state index is 12.5. The van der Waals surface area contributed by atoms with Crippen molar-refractivity contribution >= 4 is 23.5 Å². The van der Waals surface area contributed by atoms with E-state index in [4.69, 9.17) is 25.8 Å². The lowest BCUT2D eigenvalue weighted by molar-refractivity contribution is 0.0422. The van der Waals surface area contributed by atoms with Crippen LogP contribution in [0.2, 0.25) is 5.02 Å². The molecule has 0 unspecified atom stereocenters. The molecule has 0 spiro atoms. The van der Waals surface area contributed by atoms with Crippen LogP contribution < -0.4 is 4.74 Å². The molecule has 0 fully saturated rings. The third-order valence-corrected chi connectivity index (χ3v) is 5.57. The third-order valence-electron chi connectivity index (χ3n) is 5.26. The minimum absolute atomic E-state index is 0.0336. The third kappa shape index (κ3) is 10.3. The highest BCUT2D eigenvalue weighted by atomic mass is 35.5. The van der Waals surface area contributed by atoms with Crippen LogP contribution in [0.25, 0.3) is 0 Å². The van der Waals surface area contributed by atoms with Crippen molar-refractivity contribution in [1.29, 1.82) is 0 Å². The Kier molecular flexibility index (Phi) is 13.1. The van der Waals surface area contributed by atoms with E-state index in [1.165, 1.54) is 38.5 Å². The van der Waals surface area contributed by atoms with Gasteiger partial charge in [0.05, 0.1) is 22.8 Å². The van der Waals surface area contributed by atoms with Crippen molar-refractivity contribution in [2.24, 2.45) is 0 Å². The fourth-order valence-corrected chi connectivity index (χ4v) is 3.61. The van der Waals surface area contributed by atoms with Gasteiger partial charge in [0.1, 0.15) is 19.0 Å². The molecule has 0 amide bonds. The van der Waals surface area contributed by atoms with Crippen LogP contribution in [-0.4, -0.2) is 31.8 Å². The zero-order chi connectivity index (χ0) is 23.7. The minimum Gasteiger partial charge on any atom is -0.488 e. The standard InChI is InChI=1S/C27H35ClO5/c1-2-3-4-5-6-7-8-9-14-19-32-26(29)22-15-10-11-16-23(22)27(30)33-21-20-31-25-18-13-12-17-24(25)28/h10-13,15-18H,2-9,14,19-21H2,1H3. The summed E-state index contributed by atoms with van der Waals surface area (Å²) in [6.07, 6.45) is 10.7. The number of esters is 2. The Morgan fingerprint density at radius 3 is 1.79 bits per heavy atom. The lowest BCUT2D eigenvalue weighted by Crippen LogP contribution is -2.17. The molecular formula is C27H35ClO5. The lowest BCUT2D eigenvalue weighted by Gasteiger charge is -2.11. The van der Waals surface area contributed by atoms with Gasteiger partial charge in [-0.25, -0.2) is 9.59 Å². The number of halogens is 1. The molecule has 2 aromatic rings. The largest absolute Gasteiger partial charge is 0.488 e. The minimum atomic E-state index is -0.589. The molecule has 0 aliphatic heterocycles. The molecule has 2 rings (SSSR count). The van der Waals surface area contributed by atoms with Crippen LogP contribution in [0.3, 0.4) is 0 Å². The van der Waals surface area contributed by atoms with E-state index >= 15 is 0 Å². The Labute approximate surface area is 202 Å². The van der Waals surface area contributed by atoms with Crippen LogP contribution in [0.5, 0.6) is 5.75 Å². The maximum Gasteiger partial charge on any atom is 0.339 e. The number of rotatable bonds is 16. The van der Waals surface area contributed by atoms with Gasteiger partial charge in [0, 0.05) is 0 Å². The molecule has 0 aliphatic carbocycles. The Morgan fingerprint density at radius 2 is 1.18 bits per heavy atom. The van der Waals surface area contributed by atoms with Gasteiger partial charge in [-0.3, -0.25) is 0 Å². The van der Waals surface area contributed by atoms with Crippen molar-refractivity contribution in [2.75, 3.05) is 19.8 Å². The number of carbonyl (C=O) groups excluding carboxylic acids is 2. The van der Waals surface area contributed by atoms with E-state index in [-0.39, 0.29) is 24.3 Å². The second-order valence-corrected chi connectivity index (χ2v) is 8.33. The van der Waals surface area contributed by atoms with Gasteiger partial charge in [-0.2, -0.15) is 0 Å². The molecule has 33 heavy (non-hydrogen) atoms. The number of ether oxygens (including phenoxy) is 3. The molecule has 0 aliphatic rings. The summed E-state index contributed by atoms with van der Waals surface area (Å²) < 4.78 is 16.2. The highest BCUT2D eigenvalue weighted by molar-refractivity contribution is 6.32. The molecule has 5 nitrogen and oxygen atoms in total. The first-order valence-corrected chi connectivity index (χ1v) is 12.3. The van der Waals surface area contributed by atoms with Crippen molar-refractivity contribution in [1.82, 2.24) is 0 Å². The average molecular weight is 475 g/mol. The van der Waals surface area contributed by atoms with E-state index in [1.807, 2.05) is 6.07 Å². The Balaban J connectivity index is 1.68. The van der Waals surface area contributed by atoms with Crippen molar-refractivity contribution < 1.29 is 23.8 Å². The molecular weight excluding hydrogens is 440 g/mol. The van der Waals surface area contributed by atoms with Gasteiger partial charge in [-0.1, -0.05) is 94.2 Å². The van der Waals surface area contributed by atoms with Crippen LogP contribution in [0.1, 0.15) is 85.4 Å². The van der Waals surface area contributed by atoms with Crippen molar-refractivity contribution in [3.05, 3.63) is 64.7 Å². The van der Waals surface area contributed by atoms with Gasteiger partial charge in [0.15, 0.2) is 0 Å². The van der Waals surface area contributed by atoms with Crippen molar-refractivity contribution in [3.8, 4) is 5.75 Å². The summed E-state index contributed by atoms with van der Waals surface area (Å²) in [6.45, 7) is 2.76. The second kappa shape index (κ2) is 16.1. The SMILES string of the molecule is CCCCCCCCCCCOC(=O)c1ccccc1C(=O)OCCOc1ccccc1Cl. The molecule has 180 valence electrons. The zero-order valence-corrected chi connectivity index (χ0v) is 20.3. The lowest BCUT2D eigenvalue weighted by atomic mass is 10.1. The van der Waals surface area contributed by atoms with Gasteiger partial charge >= 0.3 is 11.9 Å². The normalized spacial score (nSPS) is 10.6. The number of benzene rings is 2. The number of carbonyl (C=O) groups is 2. The number of para-hydroxylation sites is 1. The average Bonchev–Trinajstić information content (AvgIpc) is 2.83. The Morgan fingerprint density at radius 1 is 0.667 bits per heavy atom. The fraction of sp³-hybridized carbons (Fsp3) is 0.481. The van der Waals surface area contributed by atoms with E-state index in [0.29, 0.717) is 17.4 Å². The van der Waals surface area contributed by atoms with Gasteiger partial charge < -0.3 is 14.2 Å². The summed E-state index contributed by atoms with van der Waals surface area (Å²) in [4.78, 5) is 25.0. The highest BCUT2D eigenvalue weighted by Gasteiger charge is 2.19. The van der Waals surface area contributed by atoms with E-state index in [9.17, 15) is 9.59 Å². The van der Waals surface area contributed by atoms with Crippen LogP contribution >= 0.6 is 11.6 Å². The summed E-state index contributed by atoms with van der Waals surface area (Å²) in [7, 11) is 0. The first-order chi connectivity index (χ1) is 16.1. The first-order valence-electron chi connectivity index (χ1n) is 11.9. The van der Waals surface area contributed by atoms with Gasteiger partial charge in [0.2, 0.25) is 0 Å². The molecule has 2 aromatic carbocycles. The monoisotopic (exact) mass is 474 g/mol. The zero-order valence-electron chi connectivity index (χ0n) is 19.5. The number of unbranched alkanes of at least 4 members (excludes halogenated alkanes) is 8.